The van der Waals surface area contributed by atoms with Gasteiger partial charge in [0.05, 0.1) is 11.9 Å². The first-order chi connectivity index (χ1) is 10.7. The fourth-order valence-electron chi connectivity index (χ4n) is 1.64. The van der Waals surface area contributed by atoms with E-state index in [1.807, 2.05) is 0 Å². The zero-order valence-electron chi connectivity index (χ0n) is 11.4. The second-order valence-corrected chi connectivity index (χ2v) is 8.33. The molecule has 0 saturated carbocycles. The van der Waals surface area contributed by atoms with Crippen LogP contribution in [-0.4, -0.2) is 19.3 Å². The maximum absolute atomic E-state index is 12.4. The second kappa shape index (κ2) is 7.45. The highest BCUT2D eigenvalue weighted by molar-refractivity contribution is 9.10. The van der Waals surface area contributed by atoms with Crippen LogP contribution in [0.25, 0.3) is 0 Å². The fraction of sp³-hybridized carbons (Fsp3) is 0.143. The van der Waals surface area contributed by atoms with Gasteiger partial charge in [-0.05, 0) is 40.2 Å². The van der Waals surface area contributed by atoms with Crippen molar-refractivity contribution in [3.05, 3.63) is 59.4 Å². The van der Waals surface area contributed by atoms with E-state index in [4.69, 9.17) is 46.4 Å². The van der Waals surface area contributed by atoms with E-state index in [2.05, 4.69) is 31.5 Å². The summed E-state index contributed by atoms with van der Waals surface area (Å²) in [5.41, 5.74) is 0.910. The van der Waals surface area contributed by atoms with Gasteiger partial charge in [-0.3, -0.25) is 4.79 Å². The smallest absolute Gasteiger partial charge is 0.253 e. The highest BCUT2D eigenvalue weighted by Crippen LogP contribution is 2.43. The Morgan fingerprint density at radius 1 is 1.09 bits per heavy atom. The number of carbonyl (C=O) groups is 1. The Hall–Kier alpha value is -0.720. The molecule has 1 atom stereocenters. The van der Waals surface area contributed by atoms with Crippen molar-refractivity contribution >= 4 is 73.9 Å². The van der Waals surface area contributed by atoms with Crippen molar-refractivity contribution in [2.24, 2.45) is 0 Å². The van der Waals surface area contributed by atoms with Crippen LogP contribution >= 0.6 is 62.3 Å². The number of alkyl halides is 4. The van der Waals surface area contributed by atoms with Gasteiger partial charge < -0.3 is 10.6 Å². The van der Waals surface area contributed by atoms with E-state index in [0.717, 1.165) is 0 Å². The van der Waals surface area contributed by atoms with Crippen LogP contribution in [0.2, 0.25) is 5.15 Å². The predicted octanol–water partition coefficient (Wildman–Crippen LogP) is 5.00. The summed E-state index contributed by atoms with van der Waals surface area (Å²) in [6.07, 6.45) is 1.45. The summed E-state index contributed by atoms with van der Waals surface area (Å²) in [6, 6.07) is 11.7. The summed E-state index contributed by atoms with van der Waals surface area (Å²) in [5.74, 6) is -0.428. The molecule has 1 heterocycles. The monoisotopic (exact) mass is 455 g/mol. The third-order valence-electron chi connectivity index (χ3n) is 2.76. The molecule has 0 aliphatic rings. The lowest BCUT2D eigenvalue weighted by atomic mass is 10.2. The number of hydrogen-bond donors (Lipinski definition) is 2. The molecule has 0 aliphatic heterocycles. The normalized spacial score (nSPS) is 14.0. The van der Waals surface area contributed by atoms with Gasteiger partial charge >= 0.3 is 0 Å². The van der Waals surface area contributed by atoms with Gasteiger partial charge in [-0.1, -0.05) is 64.6 Å². The minimum atomic E-state index is -1.91. The Balaban J connectivity index is 2.25. The number of nitrogens with one attached hydrogen (secondary N) is 2. The Labute approximate surface area is 161 Å². The van der Waals surface area contributed by atoms with Crippen LogP contribution in [0.3, 0.4) is 0 Å². The topological polar surface area (TPSA) is 54.0 Å². The molecule has 1 aromatic heterocycles. The third kappa shape index (κ3) is 4.88. The van der Waals surface area contributed by atoms with E-state index >= 15 is 0 Å². The van der Waals surface area contributed by atoms with Gasteiger partial charge in [0.2, 0.25) is 8.36 Å². The van der Waals surface area contributed by atoms with E-state index in [1.165, 1.54) is 6.20 Å². The molecule has 1 unspecified atom stereocenters. The molecule has 1 amide bonds. The molecule has 0 bridgehead atoms. The molecule has 2 rings (SSSR count). The Kier molecular flexibility index (Phi) is 6.03. The first-order valence-electron chi connectivity index (χ1n) is 6.24. The molecule has 0 saturated heterocycles. The standard InChI is InChI=1S/C14H10BrCl4N3O/c15-13(14(17,18)19,21-10-6-7-11(16)20-8-10)22-12(23)9-4-2-1-3-5-9/h1-8,21H,(H,22,23). The minimum absolute atomic E-state index is 0.318. The molecular weight excluding hydrogens is 448 g/mol. The van der Waals surface area contributed by atoms with Crippen molar-refractivity contribution in [2.45, 2.75) is 8.36 Å². The van der Waals surface area contributed by atoms with Crippen molar-refractivity contribution in [1.29, 1.82) is 0 Å². The first-order valence-corrected chi connectivity index (χ1v) is 8.55. The van der Waals surface area contributed by atoms with Gasteiger partial charge in [0.15, 0.2) is 0 Å². The number of pyridine rings is 1. The molecule has 0 radical (unpaired) electrons. The number of anilines is 1. The summed E-state index contributed by atoms with van der Waals surface area (Å²) < 4.78 is -3.47. The molecule has 2 aromatic rings. The lowest BCUT2D eigenvalue weighted by Crippen LogP contribution is -2.58. The first kappa shape index (κ1) is 18.6. The SMILES string of the molecule is O=C(NC(Br)(Nc1ccc(Cl)nc1)C(Cl)(Cl)Cl)c1ccccc1. The van der Waals surface area contributed by atoms with Crippen molar-refractivity contribution in [3.63, 3.8) is 0 Å². The second-order valence-electron chi connectivity index (χ2n) is 4.47. The van der Waals surface area contributed by atoms with Crippen molar-refractivity contribution in [2.75, 3.05) is 5.32 Å². The number of benzene rings is 1. The molecule has 122 valence electrons. The lowest BCUT2D eigenvalue weighted by molar-refractivity contribution is 0.0937. The average Bonchev–Trinajstić information content (AvgIpc) is 2.49. The molecule has 0 spiro atoms. The van der Waals surface area contributed by atoms with E-state index in [0.29, 0.717) is 16.4 Å². The molecule has 4 nitrogen and oxygen atoms in total. The van der Waals surface area contributed by atoms with Gasteiger partial charge in [-0.25, -0.2) is 4.98 Å². The summed E-state index contributed by atoms with van der Waals surface area (Å²) in [4.78, 5) is 16.3. The number of aromatic nitrogens is 1. The lowest BCUT2D eigenvalue weighted by Gasteiger charge is -2.36. The molecule has 9 heteroatoms. The number of halogens is 5. The van der Waals surface area contributed by atoms with Crippen LogP contribution in [0.5, 0.6) is 0 Å². The van der Waals surface area contributed by atoms with Crippen LogP contribution in [-0.2, 0) is 0 Å². The largest absolute Gasteiger partial charge is 0.349 e. The summed E-state index contributed by atoms with van der Waals surface area (Å²) in [6.45, 7) is 0. The quantitative estimate of drug-likeness (QED) is 0.294. The molecule has 23 heavy (non-hydrogen) atoms. The highest BCUT2D eigenvalue weighted by Gasteiger charge is 2.48. The maximum atomic E-state index is 12.4. The number of amides is 1. The van der Waals surface area contributed by atoms with Crippen LogP contribution in [0.1, 0.15) is 10.4 Å². The van der Waals surface area contributed by atoms with Gasteiger partial charge in [-0.2, -0.15) is 0 Å². The van der Waals surface area contributed by atoms with Crippen LogP contribution in [0.4, 0.5) is 5.69 Å². The molecule has 0 aliphatic carbocycles. The fourth-order valence-corrected chi connectivity index (χ4v) is 2.44. The summed E-state index contributed by atoms with van der Waals surface area (Å²) in [7, 11) is 0. The van der Waals surface area contributed by atoms with Crippen molar-refractivity contribution < 1.29 is 4.79 Å². The molecule has 2 N–H and O–H groups in total. The van der Waals surface area contributed by atoms with Crippen molar-refractivity contribution in [1.82, 2.24) is 10.3 Å². The van der Waals surface area contributed by atoms with Crippen LogP contribution in [0.15, 0.2) is 48.7 Å². The number of hydrogen-bond acceptors (Lipinski definition) is 3. The third-order valence-corrected chi connectivity index (χ3v) is 5.51. The van der Waals surface area contributed by atoms with E-state index < -0.39 is 14.3 Å². The van der Waals surface area contributed by atoms with Gasteiger partial charge in [0, 0.05) is 5.56 Å². The van der Waals surface area contributed by atoms with Crippen LogP contribution in [0, 0.1) is 0 Å². The average molecular weight is 458 g/mol. The van der Waals surface area contributed by atoms with Gasteiger partial charge in [-0.15, -0.1) is 0 Å². The van der Waals surface area contributed by atoms with Gasteiger partial charge in [0.1, 0.15) is 5.15 Å². The summed E-state index contributed by atoms with van der Waals surface area (Å²) in [5, 5.41) is 5.83. The zero-order valence-corrected chi connectivity index (χ0v) is 16.0. The summed E-state index contributed by atoms with van der Waals surface area (Å²) >= 11 is 27.0. The van der Waals surface area contributed by atoms with Crippen molar-refractivity contribution in [3.8, 4) is 0 Å². The highest BCUT2D eigenvalue weighted by atomic mass is 79.9. The number of rotatable bonds is 4. The Morgan fingerprint density at radius 3 is 2.26 bits per heavy atom. The predicted molar refractivity (Wildman–Crippen MR) is 98.7 cm³/mol. The molecule has 0 fully saturated rings. The van der Waals surface area contributed by atoms with E-state index in [9.17, 15) is 4.79 Å². The maximum Gasteiger partial charge on any atom is 0.253 e. The minimum Gasteiger partial charge on any atom is -0.349 e. The number of nitrogens with zero attached hydrogens (tertiary/aromatic N) is 1. The van der Waals surface area contributed by atoms with E-state index in [-0.39, 0.29) is 0 Å². The van der Waals surface area contributed by atoms with E-state index in [1.54, 1.807) is 42.5 Å². The van der Waals surface area contributed by atoms with Crippen LogP contribution < -0.4 is 10.6 Å². The molecular formula is C14H10BrCl4N3O. The Bertz CT molecular complexity index is 679. The molecule has 1 aromatic carbocycles. The zero-order chi connectivity index (χ0) is 17.1. The number of carbonyl (C=O) groups excluding carboxylic acids is 1. The Morgan fingerprint density at radius 2 is 1.74 bits per heavy atom. The van der Waals surface area contributed by atoms with Gasteiger partial charge in [0.25, 0.3) is 5.91 Å².